The molecule has 2 amide bonds. The van der Waals surface area contributed by atoms with Crippen LogP contribution in [0.15, 0.2) is 30.3 Å². The number of carbonyl (C=O) groups excluding carboxylic acids is 1. The van der Waals surface area contributed by atoms with E-state index in [2.05, 4.69) is 20.4 Å². The zero-order valence-corrected chi connectivity index (χ0v) is 22.3. The molecule has 0 radical (unpaired) electrons. The predicted octanol–water partition coefficient (Wildman–Crippen LogP) is 3.29. The number of benzene rings is 1. The molecule has 0 spiro atoms. The summed E-state index contributed by atoms with van der Waals surface area (Å²) in [7, 11) is 0. The number of carbonyl (C=O) groups is 2. The quantitative estimate of drug-likeness (QED) is 0.398. The largest absolute Gasteiger partial charge is 0.465 e. The van der Waals surface area contributed by atoms with E-state index in [1.165, 1.54) is 6.42 Å². The number of amides is 2. The Bertz CT molecular complexity index is 1100. The highest BCUT2D eigenvalue weighted by Crippen LogP contribution is 2.30. The highest BCUT2D eigenvalue weighted by atomic mass is 16.4. The average molecular weight is 523 g/mol. The summed E-state index contributed by atoms with van der Waals surface area (Å²) in [6, 6.07) is 10.3. The lowest BCUT2D eigenvalue weighted by atomic mass is 9.82. The number of nitrogens with zero attached hydrogens (tertiary/aromatic N) is 3. The molecule has 1 aromatic heterocycles. The molecule has 2 aromatic rings. The van der Waals surface area contributed by atoms with Gasteiger partial charge in [0.25, 0.3) is 5.91 Å². The number of carboxylic acid groups (broad SMARTS) is 1. The second-order valence-corrected chi connectivity index (χ2v) is 11.6. The highest BCUT2D eigenvalue weighted by molar-refractivity contribution is 6.07. The summed E-state index contributed by atoms with van der Waals surface area (Å²) in [5.41, 5.74) is 7.47. The number of piperidine rings is 1. The Balaban J connectivity index is 1.16. The number of pyridine rings is 1. The van der Waals surface area contributed by atoms with Gasteiger partial charge in [0.05, 0.1) is 11.1 Å². The Morgan fingerprint density at radius 1 is 0.947 bits per heavy atom. The average Bonchev–Trinajstić information content (AvgIpc) is 2.92. The number of hydrogen-bond acceptors (Lipinski definition) is 6. The van der Waals surface area contributed by atoms with Crippen LogP contribution in [0.25, 0.3) is 10.9 Å². The predicted molar refractivity (Wildman–Crippen MR) is 150 cm³/mol. The number of para-hydroxylation sites is 1. The minimum atomic E-state index is -0.958. The van der Waals surface area contributed by atoms with Crippen molar-refractivity contribution in [2.24, 2.45) is 23.5 Å². The number of nitrogens with one attached hydrogen (secondary N) is 2. The Labute approximate surface area is 225 Å². The van der Waals surface area contributed by atoms with E-state index in [1.807, 2.05) is 30.3 Å². The maximum atomic E-state index is 13.4. The van der Waals surface area contributed by atoms with Crippen LogP contribution < -0.4 is 21.3 Å². The molecule has 3 fully saturated rings. The number of rotatable bonds is 9. The number of anilines is 1. The Kier molecular flexibility index (Phi) is 8.64. The van der Waals surface area contributed by atoms with Gasteiger partial charge in [-0.2, -0.15) is 0 Å². The molecule has 1 saturated carbocycles. The van der Waals surface area contributed by atoms with Crippen molar-refractivity contribution in [2.45, 2.75) is 51.0 Å². The standard InChI is InChI=1S/C29H42N6O3/c30-23-18-34(19-23)12-9-20-10-13-35(14-11-20)27-15-25(24-3-1-2-4-26(24)33-27)28(36)31-16-21-5-7-22(8-6-21)17-32-29(37)38/h1-4,15,20-23,32H,5-14,16-19,30H2,(H,31,36)(H,37,38)/t21-,22-. The van der Waals surface area contributed by atoms with Crippen LogP contribution in [0.3, 0.4) is 0 Å². The summed E-state index contributed by atoms with van der Waals surface area (Å²) < 4.78 is 0. The first-order valence-corrected chi connectivity index (χ1v) is 14.3. The van der Waals surface area contributed by atoms with E-state index < -0.39 is 6.09 Å². The van der Waals surface area contributed by atoms with Crippen LogP contribution >= 0.6 is 0 Å². The summed E-state index contributed by atoms with van der Waals surface area (Å²) in [5, 5.41) is 15.4. The summed E-state index contributed by atoms with van der Waals surface area (Å²) in [4.78, 5) is 33.9. The summed E-state index contributed by atoms with van der Waals surface area (Å²) in [6.45, 7) is 6.33. The molecule has 1 aliphatic carbocycles. The van der Waals surface area contributed by atoms with E-state index in [1.54, 1.807) is 0 Å². The van der Waals surface area contributed by atoms with Crippen molar-refractivity contribution in [3.05, 3.63) is 35.9 Å². The SMILES string of the molecule is NC1CN(CCC2CCN(c3cc(C(=O)NC[C@H]4CC[C@H](CNC(=O)O)CC4)c4ccccc4n3)CC2)C1. The molecule has 9 nitrogen and oxygen atoms in total. The monoisotopic (exact) mass is 522 g/mol. The van der Waals surface area contributed by atoms with Crippen molar-refractivity contribution < 1.29 is 14.7 Å². The summed E-state index contributed by atoms with van der Waals surface area (Å²) >= 11 is 0. The number of fused-ring (bicyclic) bond motifs is 1. The van der Waals surface area contributed by atoms with Crippen LogP contribution in [-0.4, -0.2) is 78.8 Å². The van der Waals surface area contributed by atoms with Crippen LogP contribution in [0.2, 0.25) is 0 Å². The molecule has 38 heavy (non-hydrogen) atoms. The Morgan fingerprint density at radius 2 is 1.61 bits per heavy atom. The molecular weight excluding hydrogens is 480 g/mol. The van der Waals surface area contributed by atoms with Gasteiger partial charge >= 0.3 is 6.09 Å². The third-order valence-electron chi connectivity index (χ3n) is 8.78. The fourth-order valence-electron chi connectivity index (χ4n) is 6.32. The third kappa shape index (κ3) is 6.74. The summed E-state index contributed by atoms with van der Waals surface area (Å²) in [5.74, 6) is 2.41. The molecule has 206 valence electrons. The van der Waals surface area contributed by atoms with E-state index in [9.17, 15) is 9.59 Å². The Morgan fingerprint density at radius 3 is 2.26 bits per heavy atom. The van der Waals surface area contributed by atoms with E-state index in [4.69, 9.17) is 15.8 Å². The molecule has 3 heterocycles. The minimum absolute atomic E-state index is 0.0397. The molecule has 2 aliphatic heterocycles. The van der Waals surface area contributed by atoms with Gasteiger partial charge in [-0.3, -0.25) is 4.79 Å². The molecule has 5 N–H and O–H groups in total. The molecule has 1 aromatic carbocycles. The molecule has 0 bridgehead atoms. The second kappa shape index (κ2) is 12.3. The first kappa shape index (κ1) is 26.7. The third-order valence-corrected chi connectivity index (χ3v) is 8.78. The van der Waals surface area contributed by atoms with Crippen LogP contribution in [0.4, 0.5) is 10.6 Å². The molecule has 0 unspecified atom stereocenters. The fraction of sp³-hybridized carbons (Fsp3) is 0.621. The normalized spacial score (nSPS) is 23.2. The van der Waals surface area contributed by atoms with Crippen molar-refractivity contribution in [2.75, 3.05) is 50.7 Å². The topological polar surface area (TPSA) is 124 Å². The lowest BCUT2D eigenvalue weighted by molar-refractivity contribution is 0.0942. The van der Waals surface area contributed by atoms with Gasteiger partial charge in [0, 0.05) is 50.7 Å². The van der Waals surface area contributed by atoms with E-state index >= 15 is 0 Å². The highest BCUT2D eigenvalue weighted by Gasteiger charge is 2.27. The van der Waals surface area contributed by atoms with Crippen molar-refractivity contribution in [3.63, 3.8) is 0 Å². The lowest BCUT2D eigenvalue weighted by Crippen LogP contribution is -2.55. The first-order valence-electron chi connectivity index (χ1n) is 14.3. The van der Waals surface area contributed by atoms with E-state index in [0.717, 1.165) is 93.9 Å². The van der Waals surface area contributed by atoms with Crippen molar-refractivity contribution in [1.82, 2.24) is 20.5 Å². The van der Waals surface area contributed by atoms with Gasteiger partial charge < -0.3 is 31.3 Å². The second-order valence-electron chi connectivity index (χ2n) is 11.6. The number of nitrogens with two attached hydrogens (primary N) is 1. The van der Waals surface area contributed by atoms with Gasteiger partial charge in [-0.25, -0.2) is 9.78 Å². The first-order chi connectivity index (χ1) is 18.4. The smallest absolute Gasteiger partial charge is 0.404 e. The molecular formula is C29H42N6O3. The Hall–Kier alpha value is -2.91. The van der Waals surface area contributed by atoms with Crippen LogP contribution in [0, 0.1) is 17.8 Å². The minimum Gasteiger partial charge on any atom is -0.465 e. The van der Waals surface area contributed by atoms with Crippen LogP contribution in [0.5, 0.6) is 0 Å². The van der Waals surface area contributed by atoms with E-state index in [-0.39, 0.29) is 5.91 Å². The fourth-order valence-corrected chi connectivity index (χ4v) is 6.32. The molecule has 3 aliphatic rings. The van der Waals surface area contributed by atoms with Gasteiger partial charge in [0.15, 0.2) is 0 Å². The number of aromatic nitrogens is 1. The van der Waals surface area contributed by atoms with Crippen LogP contribution in [-0.2, 0) is 0 Å². The van der Waals surface area contributed by atoms with Crippen molar-refractivity contribution in [3.8, 4) is 0 Å². The zero-order chi connectivity index (χ0) is 26.5. The van der Waals surface area contributed by atoms with Gasteiger partial charge in [-0.15, -0.1) is 0 Å². The molecule has 5 rings (SSSR count). The number of hydrogen-bond donors (Lipinski definition) is 4. The molecule has 2 saturated heterocycles. The molecule has 0 atom stereocenters. The lowest BCUT2D eigenvalue weighted by Gasteiger charge is -2.39. The number of likely N-dealkylation sites (tertiary alicyclic amines) is 1. The maximum absolute atomic E-state index is 13.4. The summed E-state index contributed by atoms with van der Waals surface area (Å²) in [6.07, 6.45) is 6.58. The van der Waals surface area contributed by atoms with Gasteiger partial charge in [-0.1, -0.05) is 18.2 Å². The maximum Gasteiger partial charge on any atom is 0.404 e. The van der Waals surface area contributed by atoms with Crippen molar-refractivity contribution in [1.29, 1.82) is 0 Å². The van der Waals surface area contributed by atoms with Crippen molar-refractivity contribution >= 4 is 28.7 Å². The van der Waals surface area contributed by atoms with Crippen LogP contribution in [0.1, 0.15) is 55.3 Å². The van der Waals surface area contributed by atoms with Gasteiger partial charge in [0.2, 0.25) is 0 Å². The molecule has 9 heteroatoms. The van der Waals surface area contributed by atoms with E-state index in [0.29, 0.717) is 36.5 Å². The zero-order valence-electron chi connectivity index (χ0n) is 22.3. The van der Waals surface area contributed by atoms with Gasteiger partial charge in [0.1, 0.15) is 5.82 Å². The van der Waals surface area contributed by atoms with Gasteiger partial charge in [-0.05, 0) is 81.4 Å².